The molecule has 1 heterocycles. The summed E-state index contributed by atoms with van der Waals surface area (Å²) in [4.78, 5) is 16.8. The second kappa shape index (κ2) is 9.48. The van der Waals surface area contributed by atoms with Crippen molar-refractivity contribution in [2.75, 3.05) is 13.2 Å². The molecule has 3 rings (SSSR count). The zero-order chi connectivity index (χ0) is 22.7. The molecule has 0 aliphatic heterocycles. The molecule has 0 bridgehead atoms. The van der Waals surface area contributed by atoms with Crippen LogP contribution in [0.15, 0.2) is 39.6 Å². The molecule has 11 heteroatoms. The number of halogens is 5. The molecular weight excluding hydrogens is 488 g/mol. The van der Waals surface area contributed by atoms with Gasteiger partial charge in [0.25, 0.3) is 5.56 Å². The molecule has 3 aromatic rings. The molecule has 31 heavy (non-hydrogen) atoms. The van der Waals surface area contributed by atoms with Gasteiger partial charge in [-0.15, -0.1) is 0 Å². The van der Waals surface area contributed by atoms with Gasteiger partial charge in [-0.05, 0) is 35.0 Å². The van der Waals surface area contributed by atoms with Gasteiger partial charge in [0.2, 0.25) is 5.88 Å². The Labute approximate surface area is 181 Å². The van der Waals surface area contributed by atoms with Crippen molar-refractivity contribution in [3.63, 3.8) is 0 Å². The average Bonchev–Trinajstić information content (AvgIpc) is 2.71. The van der Waals surface area contributed by atoms with Crippen molar-refractivity contribution in [2.45, 2.75) is 13.5 Å². The number of rotatable bonds is 7. The first-order valence-electron chi connectivity index (χ1n) is 8.82. The van der Waals surface area contributed by atoms with E-state index in [0.717, 1.165) is 18.2 Å². The Morgan fingerprint density at radius 2 is 1.74 bits per heavy atom. The van der Waals surface area contributed by atoms with E-state index in [0.29, 0.717) is 10.6 Å². The number of nitrogens with zero attached hydrogens (tertiary/aromatic N) is 2. The lowest BCUT2D eigenvalue weighted by Gasteiger charge is -2.15. The summed E-state index contributed by atoms with van der Waals surface area (Å²) in [6, 6.07) is 4.65. The number of hydrogen-bond donors (Lipinski definition) is 1. The minimum atomic E-state index is -1.09. The van der Waals surface area contributed by atoms with E-state index in [-0.39, 0.29) is 47.3 Å². The predicted molar refractivity (Wildman–Crippen MR) is 105 cm³/mol. The number of aliphatic hydroxyl groups excluding tert-OH is 1. The third-order valence-electron chi connectivity index (χ3n) is 4.12. The highest BCUT2D eigenvalue weighted by molar-refractivity contribution is 9.10. The van der Waals surface area contributed by atoms with Crippen LogP contribution >= 0.6 is 15.9 Å². The molecule has 0 aliphatic rings. The highest BCUT2D eigenvalue weighted by Crippen LogP contribution is 2.27. The van der Waals surface area contributed by atoms with Gasteiger partial charge in [0.1, 0.15) is 46.6 Å². The minimum absolute atomic E-state index is 0.0208. The predicted octanol–water partition coefficient (Wildman–Crippen LogP) is 3.81. The van der Waals surface area contributed by atoms with Gasteiger partial charge in [-0.25, -0.2) is 17.6 Å². The van der Waals surface area contributed by atoms with Crippen molar-refractivity contribution in [1.29, 1.82) is 0 Å². The summed E-state index contributed by atoms with van der Waals surface area (Å²) in [7, 11) is 0. The van der Waals surface area contributed by atoms with Crippen molar-refractivity contribution in [1.82, 2.24) is 9.55 Å². The molecule has 164 valence electrons. The molecule has 2 aromatic carbocycles. The fourth-order valence-electron chi connectivity index (χ4n) is 2.73. The van der Waals surface area contributed by atoms with E-state index >= 15 is 0 Å². The number of aromatic nitrogens is 2. The third-order valence-corrected chi connectivity index (χ3v) is 4.80. The monoisotopic (exact) mass is 502 g/mol. The molecular formula is C20H15BrF4N2O4. The highest BCUT2D eigenvalue weighted by atomic mass is 79.9. The van der Waals surface area contributed by atoms with Gasteiger partial charge in [0.05, 0.1) is 6.61 Å². The van der Waals surface area contributed by atoms with Gasteiger partial charge in [-0.2, -0.15) is 4.98 Å². The maximum Gasteiger partial charge on any atom is 0.276 e. The second-order valence-electron chi connectivity index (χ2n) is 6.25. The van der Waals surface area contributed by atoms with Crippen LogP contribution in [0.5, 0.6) is 11.6 Å². The first-order valence-corrected chi connectivity index (χ1v) is 9.61. The van der Waals surface area contributed by atoms with Crippen LogP contribution in [0.2, 0.25) is 0 Å². The van der Waals surface area contributed by atoms with E-state index in [2.05, 4.69) is 20.9 Å². The highest BCUT2D eigenvalue weighted by Gasteiger charge is 2.22. The summed E-state index contributed by atoms with van der Waals surface area (Å²) in [6.45, 7) is 0.461. The average molecular weight is 503 g/mol. The summed E-state index contributed by atoms with van der Waals surface area (Å²) in [6.07, 6.45) is 0. The van der Waals surface area contributed by atoms with Crippen LogP contribution in [0, 0.1) is 30.2 Å². The van der Waals surface area contributed by atoms with E-state index < -0.39 is 34.5 Å². The lowest BCUT2D eigenvalue weighted by molar-refractivity contribution is 0.200. The molecule has 1 aromatic heterocycles. The number of aliphatic hydroxyl groups is 1. The summed E-state index contributed by atoms with van der Waals surface area (Å²) in [5, 5.41) is 8.75. The SMILES string of the molecule is Cc1nc(OCc2ccc(F)cc2F)c(Br)c(=O)n1-c1c(F)cc(OCCO)cc1F. The summed E-state index contributed by atoms with van der Waals surface area (Å²) in [5.41, 5.74) is -1.53. The van der Waals surface area contributed by atoms with E-state index in [4.69, 9.17) is 14.6 Å². The molecule has 0 fully saturated rings. The molecule has 0 radical (unpaired) electrons. The molecule has 0 atom stereocenters. The Morgan fingerprint density at radius 3 is 2.35 bits per heavy atom. The minimum Gasteiger partial charge on any atom is -0.491 e. The topological polar surface area (TPSA) is 73.6 Å². The molecule has 0 aliphatic carbocycles. The zero-order valence-electron chi connectivity index (χ0n) is 16.0. The van der Waals surface area contributed by atoms with Crippen LogP contribution in [0.3, 0.4) is 0 Å². The number of ether oxygens (including phenoxy) is 2. The van der Waals surface area contributed by atoms with E-state index in [9.17, 15) is 22.4 Å². The summed E-state index contributed by atoms with van der Waals surface area (Å²) in [5.74, 6) is -4.27. The number of benzene rings is 2. The Hall–Kier alpha value is -2.92. The van der Waals surface area contributed by atoms with Crippen LogP contribution in [0.1, 0.15) is 11.4 Å². The third kappa shape index (κ3) is 4.88. The van der Waals surface area contributed by atoms with Crippen molar-refractivity contribution in [2.24, 2.45) is 0 Å². The first kappa shape index (κ1) is 22.8. The van der Waals surface area contributed by atoms with Gasteiger partial charge < -0.3 is 14.6 Å². The Kier molecular flexibility index (Phi) is 6.96. The van der Waals surface area contributed by atoms with Crippen LogP contribution in [0.25, 0.3) is 5.69 Å². The Morgan fingerprint density at radius 1 is 1.06 bits per heavy atom. The summed E-state index contributed by atoms with van der Waals surface area (Å²) >= 11 is 2.99. The van der Waals surface area contributed by atoms with E-state index in [1.54, 1.807) is 0 Å². The van der Waals surface area contributed by atoms with Crippen molar-refractivity contribution < 1.29 is 32.1 Å². The van der Waals surface area contributed by atoms with Gasteiger partial charge in [0.15, 0.2) is 11.6 Å². The standard InChI is InChI=1S/C20H15BrF4N2O4/c1-10-26-19(31-9-11-2-3-12(22)6-14(11)23)17(21)20(29)27(10)18-15(24)7-13(8-16(18)25)30-5-4-28/h2-3,6-8,28H,4-5,9H2,1H3. The van der Waals surface area contributed by atoms with Crippen LogP contribution in [-0.2, 0) is 6.61 Å². The Bertz CT molecular complexity index is 1160. The molecule has 0 saturated heterocycles. The smallest absolute Gasteiger partial charge is 0.276 e. The quantitative estimate of drug-likeness (QED) is 0.497. The second-order valence-corrected chi connectivity index (χ2v) is 7.04. The first-order chi connectivity index (χ1) is 14.7. The van der Waals surface area contributed by atoms with Crippen LogP contribution < -0.4 is 15.0 Å². The summed E-state index contributed by atoms with van der Waals surface area (Å²) < 4.78 is 66.7. The van der Waals surface area contributed by atoms with Gasteiger partial charge in [-0.1, -0.05) is 0 Å². The van der Waals surface area contributed by atoms with Gasteiger partial charge >= 0.3 is 0 Å². The fourth-order valence-corrected chi connectivity index (χ4v) is 3.11. The maximum absolute atomic E-state index is 14.6. The van der Waals surface area contributed by atoms with Gasteiger partial charge in [-0.3, -0.25) is 9.36 Å². The van der Waals surface area contributed by atoms with E-state index in [1.165, 1.54) is 13.0 Å². The van der Waals surface area contributed by atoms with E-state index in [1.807, 2.05) is 0 Å². The zero-order valence-corrected chi connectivity index (χ0v) is 17.6. The van der Waals surface area contributed by atoms with Crippen LogP contribution in [-0.4, -0.2) is 27.9 Å². The van der Waals surface area contributed by atoms with Crippen molar-refractivity contribution in [3.8, 4) is 17.3 Å². The molecule has 0 amide bonds. The normalized spacial score (nSPS) is 10.9. The van der Waals surface area contributed by atoms with Crippen LogP contribution in [0.4, 0.5) is 17.6 Å². The molecule has 6 nitrogen and oxygen atoms in total. The maximum atomic E-state index is 14.6. The Balaban J connectivity index is 1.96. The molecule has 0 spiro atoms. The lowest BCUT2D eigenvalue weighted by Crippen LogP contribution is -2.25. The van der Waals surface area contributed by atoms with Crippen molar-refractivity contribution in [3.05, 3.63) is 79.8 Å². The molecule has 0 unspecified atom stereocenters. The molecule has 1 N–H and O–H groups in total. The molecule has 0 saturated carbocycles. The fraction of sp³-hybridized carbons (Fsp3) is 0.200. The van der Waals surface area contributed by atoms with Gasteiger partial charge in [0, 0.05) is 23.8 Å². The lowest BCUT2D eigenvalue weighted by atomic mass is 10.2. The largest absolute Gasteiger partial charge is 0.491 e. The number of aryl methyl sites for hydroxylation is 1. The number of hydrogen-bond acceptors (Lipinski definition) is 5. The van der Waals surface area contributed by atoms with Crippen molar-refractivity contribution >= 4 is 15.9 Å².